The third-order valence-corrected chi connectivity index (χ3v) is 5.38. The number of carbonyl (C=O) groups is 1. The number of amides is 1. The lowest BCUT2D eigenvalue weighted by molar-refractivity contribution is 0.0936. The van der Waals surface area contributed by atoms with E-state index in [0.717, 1.165) is 43.1 Å². The first-order valence-corrected chi connectivity index (χ1v) is 9.80. The van der Waals surface area contributed by atoms with Gasteiger partial charge in [0.2, 0.25) is 0 Å². The molecule has 5 nitrogen and oxygen atoms in total. The van der Waals surface area contributed by atoms with Crippen molar-refractivity contribution in [3.05, 3.63) is 83.2 Å². The van der Waals surface area contributed by atoms with Crippen LogP contribution in [0.15, 0.2) is 60.7 Å². The molecule has 144 valence electrons. The molecule has 28 heavy (non-hydrogen) atoms. The van der Waals surface area contributed by atoms with Gasteiger partial charge in [0.1, 0.15) is 0 Å². The minimum absolute atomic E-state index is 0.0243. The van der Waals surface area contributed by atoms with E-state index in [1.165, 1.54) is 5.56 Å². The molecule has 1 amide bonds. The van der Waals surface area contributed by atoms with Crippen molar-refractivity contribution >= 4 is 5.91 Å². The van der Waals surface area contributed by atoms with Crippen molar-refractivity contribution in [1.29, 1.82) is 0 Å². The molecule has 0 unspecified atom stereocenters. The van der Waals surface area contributed by atoms with E-state index in [2.05, 4.69) is 39.6 Å². The van der Waals surface area contributed by atoms with E-state index in [1.54, 1.807) is 0 Å². The van der Waals surface area contributed by atoms with Crippen molar-refractivity contribution in [2.75, 3.05) is 13.1 Å². The summed E-state index contributed by atoms with van der Waals surface area (Å²) in [7, 11) is 0. The smallest absolute Gasteiger partial charge is 0.255 e. The molecule has 4 rings (SSSR count). The third-order valence-electron chi connectivity index (χ3n) is 5.38. The zero-order valence-corrected chi connectivity index (χ0v) is 16.4. The van der Waals surface area contributed by atoms with E-state index in [-0.39, 0.29) is 11.9 Å². The predicted molar refractivity (Wildman–Crippen MR) is 111 cm³/mol. The summed E-state index contributed by atoms with van der Waals surface area (Å²) >= 11 is 0. The first-order valence-electron chi connectivity index (χ1n) is 9.80. The quantitative estimate of drug-likeness (QED) is 0.744. The summed E-state index contributed by atoms with van der Waals surface area (Å²) in [6.07, 6.45) is 0.976. The van der Waals surface area contributed by atoms with Gasteiger partial charge in [0.05, 0.1) is 22.6 Å². The molecule has 2 heterocycles. The number of aromatic nitrogens is 2. The van der Waals surface area contributed by atoms with Gasteiger partial charge >= 0.3 is 0 Å². The van der Waals surface area contributed by atoms with Gasteiger partial charge in [0, 0.05) is 25.7 Å². The van der Waals surface area contributed by atoms with E-state index in [1.807, 2.05) is 54.9 Å². The van der Waals surface area contributed by atoms with Crippen LogP contribution in [0.1, 0.15) is 33.7 Å². The molecule has 1 fully saturated rings. The van der Waals surface area contributed by atoms with Crippen LogP contribution in [0.3, 0.4) is 0 Å². The fourth-order valence-corrected chi connectivity index (χ4v) is 3.99. The third kappa shape index (κ3) is 3.85. The van der Waals surface area contributed by atoms with Crippen LogP contribution in [-0.4, -0.2) is 39.7 Å². The van der Waals surface area contributed by atoms with E-state index >= 15 is 0 Å². The van der Waals surface area contributed by atoms with Gasteiger partial charge in [-0.2, -0.15) is 5.10 Å². The summed E-state index contributed by atoms with van der Waals surface area (Å²) in [4.78, 5) is 15.4. The highest BCUT2D eigenvalue weighted by Crippen LogP contribution is 2.19. The van der Waals surface area contributed by atoms with Crippen LogP contribution in [0.5, 0.6) is 0 Å². The Labute approximate surface area is 166 Å². The molecule has 1 N–H and O–H groups in total. The molecule has 0 saturated carbocycles. The summed E-state index contributed by atoms with van der Waals surface area (Å²) < 4.78 is 1.85. The Morgan fingerprint density at radius 1 is 1.07 bits per heavy atom. The van der Waals surface area contributed by atoms with Gasteiger partial charge in [0.25, 0.3) is 5.91 Å². The van der Waals surface area contributed by atoms with Gasteiger partial charge in [-0.15, -0.1) is 0 Å². The largest absolute Gasteiger partial charge is 0.348 e. The van der Waals surface area contributed by atoms with Crippen LogP contribution in [0.25, 0.3) is 5.69 Å². The molecule has 0 radical (unpaired) electrons. The summed E-state index contributed by atoms with van der Waals surface area (Å²) in [5.41, 5.74) is 4.60. The van der Waals surface area contributed by atoms with Gasteiger partial charge in [0.15, 0.2) is 0 Å². The normalized spacial score (nSPS) is 17.0. The number of likely N-dealkylation sites (tertiary alicyclic amines) is 1. The number of para-hydroxylation sites is 1. The first-order chi connectivity index (χ1) is 13.6. The maximum Gasteiger partial charge on any atom is 0.255 e. The van der Waals surface area contributed by atoms with E-state index in [4.69, 9.17) is 0 Å². The standard InChI is InChI=1S/C23H26N4O/c1-17-22(18(2)27(25-17)21-11-7-4-8-12-21)23(28)24-20-13-14-26(16-20)15-19-9-5-3-6-10-19/h3-12,20H,13-16H2,1-2H3,(H,24,28)/t20-/m0/s1. The highest BCUT2D eigenvalue weighted by Gasteiger charge is 2.26. The van der Waals surface area contributed by atoms with Crippen LogP contribution < -0.4 is 5.32 Å². The van der Waals surface area contributed by atoms with Crippen molar-refractivity contribution in [2.24, 2.45) is 0 Å². The van der Waals surface area contributed by atoms with Gasteiger partial charge in [-0.3, -0.25) is 9.69 Å². The number of aryl methyl sites for hydroxylation is 1. The maximum atomic E-state index is 13.0. The van der Waals surface area contributed by atoms with Gasteiger partial charge in [-0.1, -0.05) is 48.5 Å². The molecule has 0 bridgehead atoms. The lowest BCUT2D eigenvalue weighted by atomic mass is 10.1. The number of nitrogens with zero attached hydrogens (tertiary/aromatic N) is 3. The average molecular weight is 374 g/mol. The number of rotatable bonds is 5. The molecular weight excluding hydrogens is 348 g/mol. The minimum Gasteiger partial charge on any atom is -0.348 e. The van der Waals surface area contributed by atoms with E-state index in [9.17, 15) is 4.79 Å². The van der Waals surface area contributed by atoms with Crippen LogP contribution >= 0.6 is 0 Å². The second kappa shape index (κ2) is 7.98. The Hall–Kier alpha value is -2.92. The van der Waals surface area contributed by atoms with Crippen molar-refractivity contribution in [1.82, 2.24) is 20.0 Å². The van der Waals surface area contributed by atoms with Crippen LogP contribution in [0.2, 0.25) is 0 Å². The summed E-state index contributed by atoms with van der Waals surface area (Å²) in [5, 5.41) is 7.82. The van der Waals surface area contributed by atoms with Gasteiger partial charge in [-0.25, -0.2) is 4.68 Å². The van der Waals surface area contributed by atoms with E-state index in [0.29, 0.717) is 5.56 Å². The van der Waals surface area contributed by atoms with Crippen LogP contribution in [0.4, 0.5) is 0 Å². The molecule has 0 spiro atoms. The maximum absolute atomic E-state index is 13.0. The molecule has 1 saturated heterocycles. The Morgan fingerprint density at radius 3 is 2.46 bits per heavy atom. The molecular formula is C23H26N4O. The molecule has 1 aliphatic rings. The monoisotopic (exact) mass is 374 g/mol. The fourth-order valence-electron chi connectivity index (χ4n) is 3.99. The second-order valence-electron chi connectivity index (χ2n) is 7.47. The lowest BCUT2D eigenvalue weighted by Gasteiger charge is -2.17. The lowest BCUT2D eigenvalue weighted by Crippen LogP contribution is -2.37. The zero-order chi connectivity index (χ0) is 19.5. The Bertz CT molecular complexity index is 949. The van der Waals surface area contributed by atoms with Crippen molar-refractivity contribution in [3.63, 3.8) is 0 Å². The molecule has 1 aliphatic heterocycles. The van der Waals surface area contributed by atoms with Gasteiger partial charge < -0.3 is 5.32 Å². The number of nitrogens with one attached hydrogen (secondary N) is 1. The molecule has 1 atom stereocenters. The van der Waals surface area contributed by atoms with Crippen molar-refractivity contribution in [2.45, 2.75) is 32.9 Å². The van der Waals surface area contributed by atoms with Gasteiger partial charge in [-0.05, 0) is 38.0 Å². The topological polar surface area (TPSA) is 50.2 Å². The van der Waals surface area contributed by atoms with Crippen molar-refractivity contribution in [3.8, 4) is 5.69 Å². The first kappa shape index (κ1) is 18.4. The Morgan fingerprint density at radius 2 is 1.75 bits per heavy atom. The molecule has 3 aromatic rings. The molecule has 1 aromatic heterocycles. The number of hydrogen-bond acceptors (Lipinski definition) is 3. The summed E-state index contributed by atoms with van der Waals surface area (Å²) in [6, 6.07) is 20.6. The minimum atomic E-state index is -0.0243. The number of benzene rings is 2. The summed E-state index contributed by atoms with van der Waals surface area (Å²) in [6.45, 7) is 6.67. The Kier molecular flexibility index (Phi) is 5.26. The number of hydrogen-bond donors (Lipinski definition) is 1. The van der Waals surface area contributed by atoms with E-state index < -0.39 is 0 Å². The second-order valence-corrected chi connectivity index (χ2v) is 7.47. The SMILES string of the molecule is Cc1nn(-c2ccccc2)c(C)c1C(=O)N[C@H]1CCN(Cc2ccccc2)C1. The molecule has 2 aromatic carbocycles. The zero-order valence-electron chi connectivity index (χ0n) is 16.4. The highest BCUT2D eigenvalue weighted by molar-refractivity contribution is 5.96. The highest BCUT2D eigenvalue weighted by atomic mass is 16.1. The van der Waals surface area contributed by atoms with Crippen molar-refractivity contribution < 1.29 is 4.79 Å². The van der Waals surface area contributed by atoms with Crippen LogP contribution in [0, 0.1) is 13.8 Å². The fraction of sp³-hybridized carbons (Fsp3) is 0.304. The van der Waals surface area contributed by atoms with Crippen LogP contribution in [-0.2, 0) is 6.54 Å². The number of carbonyl (C=O) groups excluding carboxylic acids is 1. The average Bonchev–Trinajstić information content (AvgIpc) is 3.26. The molecule has 5 heteroatoms. The predicted octanol–water partition coefficient (Wildman–Crippen LogP) is 3.49. The Balaban J connectivity index is 1.43. The summed E-state index contributed by atoms with van der Waals surface area (Å²) in [5.74, 6) is -0.0243. The molecule has 0 aliphatic carbocycles.